The second kappa shape index (κ2) is 8.46. The first-order valence-electron chi connectivity index (χ1n) is 9.38. The molecular formula is C20H24N2O6S. The maximum atomic E-state index is 13.2. The van der Waals surface area contributed by atoms with Crippen molar-refractivity contribution in [1.82, 2.24) is 9.29 Å². The van der Waals surface area contributed by atoms with Crippen molar-refractivity contribution in [3.63, 3.8) is 0 Å². The number of piperidine rings is 1. The lowest BCUT2D eigenvalue weighted by Gasteiger charge is -2.30. The highest BCUT2D eigenvalue weighted by Gasteiger charge is 2.34. The maximum absolute atomic E-state index is 13.2. The van der Waals surface area contributed by atoms with Crippen molar-refractivity contribution in [3.05, 3.63) is 36.0 Å². The number of pyridine rings is 1. The van der Waals surface area contributed by atoms with Crippen LogP contribution in [0.2, 0.25) is 0 Å². The van der Waals surface area contributed by atoms with E-state index < -0.39 is 34.0 Å². The third-order valence-electron chi connectivity index (χ3n) is 5.04. The first kappa shape index (κ1) is 21.2. The minimum Gasteiger partial charge on any atom is -0.466 e. The first-order valence-corrected chi connectivity index (χ1v) is 10.8. The minimum atomic E-state index is -3.75. The molecule has 1 aliphatic rings. The quantitative estimate of drug-likeness (QED) is 0.682. The molecular weight excluding hydrogens is 396 g/mol. The summed E-state index contributed by atoms with van der Waals surface area (Å²) in [4.78, 5) is 28.1. The van der Waals surface area contributed by atoms with Crippen LogP contribution in [0, 0.1) is 12.8 Å². The highest BCUT2D eigenvalue weighted by Crippen LogP contribution is 2.28. The van der Waals surface area contributed by atoms with Gasteiger partial charge in [0.15, 0.2) is 6.10 Å². The van der Waals surface area contributed by atoms with E-state index in [0.717, 1.165) is 10.9 Å². The molecule has 3 rings (SSSR count). The fourth-order valence-corrected chi connectivity index (χ4v) is 5.04. The molecule has 0 spiro atoms. The van der Waals surface area contributed by atoms with Gasteiger partial charge in [0.25, 0.3) is 0 Å². The molecule has 2 heterocycles. The fourth-order valence-electron chi connectivity index (χ4n) is 3.41. The third kappa shape index (κ3) is 4.40. The van der Waals surface area contributed by atoms with Crippen molar-refractivity contribution in [3.8, 4) is 0 Å². The lowest BCUT2D eigenvalue weighted by atomic mass is 9.98. The van der Waals surface area contributed by atoms with Crippen LogP contribution in [0.3, 0.4) is 0 Å². The van der Waals surface area contributed by atoms with E-state index >= 15 is 0 Å². The van der Waals surface area contributed by atoms with Crippen LogP contribution in [0.4, 0.5) is 0 Å². The second-order valence-electron chi connectivity index (χ2n) is 7.12. The van der Waals surface area contributed by atoms with Gasteiger partial charge in [0, 0.05) is 24.7 Å². The number of esters is 2. The van der Waals surface area contributed by atoms with E-state index in [0.29, 0.717) is 18.4 Å². The lowest BCUT2D eigenvalue weighted by molar-refractivity contribution is -0.168. The van der Waals surface area contributed by atoms with E-state index in [1.165, 1.54) is 18.3 Å². The Hall–Kier alpha value is -2.52. The van der Waals surface area contributed by atoms with Crippen LogP contribution in [-0.4, -0.2) is 55.9 Å². The van der Waals surface area contributed by atoms with Gasteiger partial charge in [-0.1, -0.05) is 12.1 Å². The number of aryl methyl sites for hydroxylation is 1. The smallest absolute Gasteiger partial charge is 0.346 e. The number of aromatic nitrogens is 1. The highest BCUT2D eigenvalue weighted by atomic mass is 32.2. The SMILES string of the molecule is COC(=O)[C@H](C)OC(=O)C1CCN(S(=O)(=O)c2cccc3cc(C)cnc23)CC1. The number of carbonyl (C=O) groups is 2. The number of para-hydroxylation sites is 1. The predicted octanol–water partition coefficient (Wildman–Crippen LogP) is 2.05. The molecule has 29 heavy (non-hydrogen) atoms. The summed E-state index contributed by atoms with van der Waals surface area (Å²) in [5, 5.41) is 0.765. The summed E-state index contributed by atoms with van der Waals surface area (Å²) < 4.78 is 37.4. The van der Waals surface area contributed by atoms with E-state index in [1.54, 1.807) is 18.3 Å². The molecule has 0 amide bonds. The zero-order valence-corrected chi connectivity index (χ0v) is 17.4. The third-order valence-corrected chi connectivity index (χ3v) is 6.97. The van der Waals surface area contributed by atoms with Crippen molar-refractivity contribution in [2.24, 2.45) is 5.92 Å². The van der Waals surface area contributed by atoms with Crippen LogP contribution in [0.1, 0.15) is 25.3 Å². The second-order valence-corrected chi connectivity index (χ2v) is 9.03. The maximum Gasteiger partial charge on any atom is 0.346 e. The Morgan fingerprint density at radius 1 is 1.24 bits per heavy atom. The summed E-state index contributed by atoms with van der Waals surface area (Å²) in [5.74, 6) is -1.60. The van der Waals surface area contributed by atoms with Gasteiger partial charge in [-0.2, -0.15) is 4.31 Å². The molecule has 1 aromatic heterocycles. The van der Waals surface area contributed by atoms with Gasteiger partial charge in [-0.3, -0.25) is 9.78 Å². The van der Waals surface area contributed by atoms with Crippen molar-refractivity contribution in [2.75, 3.05) is 20.2 Å². The largest absolute Gasteiger partial charge is 0.466 e. The first-order chi connectivity index (χ1) is 13.7. The zero-order valence-electron chi connectivity index (χ0n) is 16.6. The predicted molar refractivity (Wildman–Crippen MR) is 106 cm³/mol. The van der Waals surface area contributed by atoms with Crippen LogP contribution in [-0.2, 0) is 29.1 Å². The number of fused-ring (bicyclic) bond motifs is 1. The molecule has 1 saturated heterocycles. The number of methoxy groups -OCH3 is 1. The van der Waals surface area contributed by atoms with E-state index in [-0.39, 0.29) is 18.0 Å². The van der Waals surface area contributed by atoms with Gasteiger partial charge < -0.3 is 9.47 Å². The Bertz CT molecular complexity index is 1030. The van der Waals surface area contributed by atoms with Crippen molar-refractivity contribution in [1.29, 1.82) is 0 Å². The standard InChI is InChI=1S/C20H24N2O6S/c1-13-11-16-5-4-6-17(18(16)21-12-13)29(25,26)22-9-7-15(8-10-22)20(24)28-14(2)19(23)27-3/h4-6,11-12,14-15H,7-10H2,1-3H3/t14-/m0/s1. The van der Waals surface area contributed by atoms with Crippen LogP contribution in [0.5, 0.6) is 0 Å². The van der Waals surface area contributed by atoms with Gasteiger partial charge in [0.1, 0.15) is 4.90 Å². The summed E-state index contributed by atoms with van der Waals surface area (Å²) in [6.45, 7) is 3.73. The number of benzene rings is 1. The van der Waals surface area contributed by atoms with Crippen LogP contribution in [0.15, 0.2) is 35.4 Å². The van der Waals surface area contributed by atoms with Crippen LogP contribution < -0.4 is 0 Å². The molecule has 0 radical (unpaired) electrons. The van der Waals surface area contributed by atoms with Gasteiger partial charge in [-0.15, -0.1) is 0 Å². The minimum absolute atomic E-state index is 0.162. The molecule has 0 saturated carbocycles. The van der Waals surface area contributed by atoms with E-state index in [1.807, 2.05) is 19.1 Å². The molecule has 0 aliphatic carbocycles. The number of carbonyl (C=O) groups excluding carboxylic acids is 2. The van der Waals surface area contributed by atoms with E-state index in [9.17, 15) is 18.0 Å². The van der Waals surface area contributed by atoms with Gasteiger partial charge >= 0.3 is 11.9 Å². The number of rotatable bonds is 5. The normalized spacial score (nSPS) is 17.1. The number of ether oxygens (including phenoxy) is 2. The monoisotopic (exact) mass is 420 g/mol. The average Bonchev–Trinajstić information content (AvgIpc) is 2.72. The Morgan fingerprint density at radius 2 is 1.93 bits per heavy atom. The van der Waals surface area contributed by atoms with Crippen molar-refractivity contribution < 1.29 is 27.5 Å². The molecule has 1 aromatic carbocycles. The zero-order chi connectivity index (χ0) is 21.2. The summed E-state index contributed by atoms with van der Waals surface area (Å²) >= 11 is 0. The van der Waals surface area contributed by atoms with Crippen molar-refractivity contribution in [2.45, 2.75) is 37.7 Å². The summed E-state index contributed by atoms with van der Waals surface area (Å²) in [7, 11) is -2.52. The number of hydrogen-bond donors (Lipinski definition) is 0. The number of hydrogen-bond acceptors (Lipinski definition) is 7. The fraction of sp³-hybridized carbons (Fsp3) is 0.450. The Balaban J connectivity index is 1.72. The summed E-state index contributed by atoms with van der Waals surface area (Å²) in [6, 6.07) is 6.98. The molecule has 9 heteroatoms. The van der Waals surface area contributed by atoms with Gasteiger partial charge in [0.05, 0.1) is 18.5 Å². The highest BCUT2D eigenvalue weighted by molar-refractivity contribution is 7.89. The van der Waals surface area contributed by atoms with E-state index in [2.05, 4.69) is 9.72 Å². The van der Waals surface area contributed by atoms with Gasteiger partial charge in [-0.25, -0.2) is 13.2 Å². The van der Waals surface area contributed by atoms with Gasteiger partial charge in [-0.05, 0) is 44.4 Å². The molecule has 1 atom stereocenters. The summed E-state index contributed by atoms with van der Waals surface area (Å²) in [5.41, 5.74) is 1.39. The molecule has 0 bridgehead atoms. The van der Waals surface area contributed by atoms with Gasteiger partial charge in [0.2, 0.25) is 10.0 Å². The Morgan fingerprint density at radius 3 is 2.59 bits per heavy atom. The van der Waals surface area contributed by atoms with Crippen LogP contribution >= 0.6 is 0 Å². The Labute approximate surface area is 169 Å². The molecule has 0 unspecified atom stereocenters. The molecule has 1 fully saturated rings. The molecule has 0 N–H and O–H groups in total. The van der Waals surface area contributed by atoms with Crippen LogP contribution in [0.25, 0.3) is 10.9 Å². The molecule has 156 valence electrons. The van der Waals surface area contributed by atoms with Crippen molar-refractivity contribution >= 4 is 32.9 Å². The van der Waals surface area contributed by atoms with E-state index in [4.69, 9.17) is 4.74 Å². The lowest BCUT2D eigenvalue weighted by Crippen LogP contribution is -2.41. The summed E-state index contributed by atoms with van der Waals surface area (Å²) in [6.07, 6.45) is 1.30. The molecule has 1 aliphatic heterocycles. The Kier molecular flexibility index (Phi) is 6.18. The number of sulfonamides is 1. The molecule has 2 aromatic rings. The molecule has 8 nitrogen and oxygen atoms in total. The topological polar surface area (TPSA) is 103 Å². The average molecular weight is 420 g/mol. The number of nitrogens with zero attached hydrogens (tertiary/aromatic N) is 2.